The van der Waals surface area contributed by atoms with Gasteiger partial charge in [-0.2, -0.15) is 5.10 Å². The summed E-state index contributed by atoms with van der Waals surface area (Å²) >= 11 is 0. The lowest BCUT2D eigenvalue weighted by molar-refractivity contribution is -0.130. The number of hydrazone groups is 1. The third-order valence-corrected chi connectivity index (χ3v) is 4.42. The highest BCUT2D eigenvalue weighted by Crippen LogP contribution is 2.21. The first kappa shape index (κ1) is 19.0. The van der Waals surface area contributed by atoms with Gasteiger partial charge in [-0.25, -0.2) is 4.79 Å². The average molecular weight is 345 g/mol. The molecule has 1 aromatic rings. The van der Waals surface area contributed by atoms with E-state index in [0.717, 1.165) is 22.7 Å². The Morgan fingerprint density at radius 2 is 1.88 bits per heavy atom. The molecule has 1 heterocycles. The minimum Gasteiger partial charge on any atom is -0.494 e. The Hall–Kier alpha value is -2.37. The van der Waals surface area contributed by atoms with Crippen LogP contribution in [-0.4, -0.2) is 35.3 Å². The molecule has 1 N–H and O–H groups in total. The Labute approximate surface area is 149 Å². The van der Waals surface area contributed by atoms with Crippen LogP contribution in [0.2, 0.25) is 0 Å². The van der Waals surface area contributed by atoms with E-state index in [1.54, 1.807) is 6.92 Å². The zero-order valence-electron chi connectivity index (χ0n) is 15.2. The number of imide groups is 1. The highest BCUT2D eigenvalue weighted by molar-refractivity contribution is 6.07. The van der Waals surface area contributed by atoms with Crippen molar-refractivity contribution < 1.29 is 14.3 Å². The minimum absolute atomic E-state index is 0.330. The molecule has 6 heteroatoms. The number of unbranched alkanes of at least 4 members (excludes halogenated alkanes) is 3. The number of amides is 3. The number of carbonyl (C=O) groups excluding carboxylic acids is 2. The van der Waals surface area contributed by atoms with Gasteiger partial charge in [-0.05, 0) is 49.6 Å². The lowest BCUT2D eigenvalue weighted by atomic mass is 10.00. The highest BCUT2D eigenvalue weighted by Gasteiger charge is 2.46. The van der Waals surface area contributed by atoms with Crippen LogP contribution in [0.4, 0.5) is 4.79 Å². The van der Waals surface area contributed by atoms with Gasteiger partial charge in [0.25, 0.3) is 5.91 Å². The Kier molecular flexibility index (Phi) is 6.56. The maximum Gasteiger partial charge on any atom is 0.346 e. The van der Waals surface area contributed by atoms with Gasteiger partial charge in [-0.1, -0.05) is 33.1 Å². The van der Waals surface area contributed by atoms with Gasteiger partial charge in [-0.3, -0.25) is 4.79 Å². The molecule has 2 rings (SSSR count). The Bertz CT molecular complexity index is 627. The van der Waals surface area contributed by atoms with E-state index in [2.05, 4.69) is 17.3 Å². The molecule has 1 fully saturated rings. The van der Waals surface area contributed by atoms with E-state index in [9.17, 15) is 9.59 Å². The number of hydrogen-bond donors (Lipinski definition) is 1. The summed E-state index contributed by atoms with van der Waals surface area (Å²) in [6.07, 6.45) is 6.71. The maximum absolute atomic E-state index is 12.2. The van der Waals surface area contributed by atoms with Crippen molar-refractivity contribution in [1.82, 2.24) is 10.3 Å². The molecule has 0 spiro atoms. The first-order valence-electron chi connectivity index (χ1n) is 8.93. The molecule has 1 saturated heterocycles. The van der Waals surface area contributed by atoms with Crippen molar-refractivity contribution in [3.63, 3.8) is 0 Å². The van der Waals surface area contributed by atoms with E-state index < -0.39 is 11.6 Å². The van der Waals surface area contributed by atoms with E-state index in [-0.39, 0.29) is 5.91 Å². The first-order chi connectivity index (χ1) is 12.0. The molecule has 136 valence electrons. The molecule has 1 aliphatic rings. The van der Waals surface area contributed by atoms with Crippen molar-refractivity contribution in [1.29, 1.82) is 0 Å². The third-order valence-electron chi connectivity index (χ3n) is 4.42. The fraction of sp³-hybridized carbons (Fsp3) is 0.526. The Morgan fingerprint density at radius 1 is 1.16 bits per heavy atom. The van der Waals surface area contributed by atoms with E-state index in [0.29, 0.717) is 13.0 Å². The molecule has 1 aromatic carbocycles. The summed E-state index contributed by atoms with van der Waals surface area (Å²) < 4.78 is 5.69. The molecular weight excluding hydrogens is 318 g/mol. The zero-order chi connectivity index (χ0) is 18.3. The van der Waals surface area contributed by atoms with Crippen molar-refractivity contribution in [2.75, 3.05) is 6.61 Å². The van der Waals surface area contributed by atoms with Crippen molar-refractivity contribution in [3.05, 3.63) is 29.8 Å². The predicted octanol–water partition coefficient (Wildman–Crippen LogP) is 3.70. The van der Waals surface area contributed by atoms with Crippen LogP contribution in [0.5, 0.6) is 5.75 Å². The van der Waals surface area contributed by atoms with Crippen LogP contribution in [-0.2, 0) is 4.79 Å². The monoisotopic (exact) mass is 345 g/mol. The molecule has 25 heavy (non-hydrogen) atoms. The van der Waals surface area contributed by atoms with Crippen LogP contribution in [0, 0.1) is 0 Å². The van der Waals surface area contributed by atoms with Gasteiger partial charge in [-0.15, -0.1) is 5.01 Å². The van der Waals surface area contributed by atoms with Gasteiger partial charge in [0.2, 0.25) is 0 Å². The number of ether oxygens (including phenoxy) is 1. The molecule has 0 saturated carbocycles. The summed E-state index contributed by atoms with van der Waals surface area (Å²) in [4.78, 5) is 24.1. The molecule has 1 aliphatic heterocycles. The number of nitrogens with one attached hydrogen (secondary N) is 1. The summed E-state index contributed by atoms with van der Waals surface area (Å²) in [6.45, 7) is 6.45. The second-order valence-corrected chi connectivity index (χ2v) is 6.46. The van der Waals surface area contributed by atoms with Gasteiger partial charge in [0.05, 0.1) is 12.8 Å². The number of rotatable bonds is 9. The van der Waals surface area contributed by atoms with Crippen molar-refractivity contribution in [3.8, 4) is 5.75 Å². The average Bonchev–Trinajstić information content (AvgIpc) is 2.83. The maximum atomic E-state index is 12.2. The molecule has 0 aliphatic carbocycles. The number of urea groups is 1. The van der Waals surface area contributed by atoms with Crippen LogP contribution in [0.3, 0.4) is 0 Å². The van der Waals surface area contributed by atoms with Crippen molar-refractivity contribution in [2.45, 2.75) is 58.4 Å². The van der Waals surface area contributed by atoms with Crippen molar-refractivity contribution in [2.24, 2.45) is 5.10 Å². The predicted molar refractivity (Wildman–Crippen MR) is 97.7 cm³/mol. The fourth-order valence-corrected chi connectivity index (χ4v) is 2.51. The summed E-state index contributed by atoms with van der Waals surface area (Å²) in [5.41, 5.74) is -0.0757. The van der Waals surface area contributed by atoms with Crippen LogP contribution in [0.1, 0.15) is 58.4 Å². The normalized spacial score (nSPS) is 20.4. The third kappa shape index (κ3) is 4.81. The van der Waals surface area contributed by atoms with Gasteiger partial charge >= 0.3 is 6.03 Å². The SMILES string of the molecule is CCCCCCOc1ccc(/C=N\N2C(=O)N[C@](C)(CC)C2=O)cc1. The van der Waals surface area contributed by atoms with E-state index in [1.807, 2.05) is 31.2 Å². The summed E-state index contributed by atoms with van der Waals surface area (Å²) in [6, 6.07) is 6.94. The van der Waals surface area contributed by atoms with Gasteiger partial charge < -0.3 is 10.1 Å². The number of benzene rings is 1. The largest absolute Gasteiger partial charge is 0.494 e. The number of nitrogens with zero attached hydrogens (tertiary/aromatic N) is 2. The molecule has 1 atom stereocenters. The van der Waals surface area contributed by atoms with Gasteiger partial charge in [0.1, 0.15) is 11.3 Å². The molecule has 0 aromatic heterocycles. The molecule has 6 nitrogen and oxygen atoms in total. The second kappa shape index (κ2) is 8.65. The quantitative estimate of drug-likeness (QED) is 0.421. The van der Waals surface area contributed by atoms with Crippen LogP contribution >= 0.6 is 0 Å². The van der Waals surface area contributed by atoms with Crippen LogP contribution in [0.15, 0.2) is 29.4 Å². The van der Waals surface area contributed by atoms with Crippen molar-refractivity contribution >= 4 is 18.2 Å². The molecule has 0 bridgehead atoms. The Morgan fingerprint density at radius 3 is 2.48 bits per heavy atom. The topological polar surface area (TPSA) is 71.0 Å². The first-order valence-corrected chi connectivity index (χ1v) is 8.93. The standard InChI is InChI=1S/C19H27N3O3/c1-4-6-7-8-13-25-16-11-9-15(10-12-16)14-20-22-17(23)19(3,5-2)21-18(22)24/h9-12,14H,4-8,13H2,1-3H3,(H,21,24)/b20-14-/t19-/m1/s1. The smallest absolute Gasteiger partial charge is 0.346 e. The van der Waals surface area contributed by atoms with E-state index in [1.165, 1.54) is 25.5 Å². The highest BCUT2D eigenvalue weighted by atomic mass is 16.5. The van der Waals surface area contributed by atoms with E-state index >= 15 is 0 Å². The summed E-state index contributed by atoms with van der Waals surface area (Å²) in [7, 11) is 0. The lowest BCUT2D eigenvalue weighted by Gasteiger charge is -2.17. The molecular formula is C19H27N3O3. The van der Waals surface area contributed by atoms with Gasteiger partial charge in [0.15, 0.2) is 0 Å². The van der Waals surface area contributed by atoms with E-state index in [4.69, 9.17) is 4.74 Å². The minimum atomic E-state index is -0.871. The van der Waals surface area contributed by atoms with Crippen LogP contribution in [0.25, 0.3) is 0 Å². The molecule has 3 amide bonds. The molecule has 0 radical (unpaired) electrons. The number of hydrogen-bond acceptors (Lipinski definition) is 4. The lowest BCUT2D eigenvalue weighted by Crippen LogP contribution is -2.42. The summed E-state index contributed by atoms with van der Waals surface area (Å²) in [5, 5.41) is 7.59. The number of carbonyl (C=O) groups is 2. The fourth-order valence-electron chi connectivity index (χ4n) is 2.51. The molecule has 0 unspecified atom stereocenters. The Balaban J connectivity index is 1.89. The second-order valence-electron chi connectivity index (χ2n) is 6.46. The van der Waals surface area contributed by atoms with Gasteiger partial charge in [0, 0.05) is 0 Å². The van der Waals surface area contributed by atoms with Crippen LogP contribution < -0.4 is 10.1 Å². The summed E-state index contributed by atoms with van der Waals surface area (Å²) in [5.74, 6) is 0.477. The zero-order valence-corrected chi connectivity index (χ0v) is 15.2.